The van der Waals surface area contributed by atoms with Gasteiger partial charge in [0.25, 0.3) is 11.5 Å². The molecule has 0 spiro atoms. The largest absolute Gasteiger partial charge is 0.495 e. The van der Waals surface area contributed by atoms with Crippen molar-refractivity contribution in [2.75, 3.05) is 0 Å². The van der Waals surface area contributed by atoms with E-state index >= 15 is 0 Å². The molecule has 0 bridgehead atoms. The lowest BCUT2D eigenvalue weighted by molar-refractivity contribution is -0.255. The van der Waals surface area contributed by atoms with Crippen LogP contribution in [0.3, 0.4) is 0 Å². The van der Waals surface area contributed by atoms with Crippen molar-refractivity contribution in [3.63, 3.8) is 0 Å². The Morgan fingerprint density at radius 3 is 2.04 bits per heavy atom. The SMILES string of the molecule is Cc1ccc(C(O)(C(N)=O)C(F)(F)F)cc1B1OC(C)(C)C(C)(C)O1. The second-order valence-corrected chi connectivity index (χ2v) is 7.23. The number of hydrogen-bond donors (Lipinski definition) is 2. The highest BCUT2D eigenvalue weighted by molar-refractivity contribution is 6.62. The molecule has 1 saturated heterocycles. The van der Waals surface area contributed by atoms with Gasteiger partial charge < -0.3 is 20.1 Å². The molecule has 1 aliphatic rings. The van der Waals surface area contributed by atoms with E-state index in [4.69, 9.17) is 15.0 Å². The number of aliphatic hydroxyl groups is 1. The van der Waals surface area contributed by atoms with Gasteiger partial charge in [-0.2, -0.15) is 13.2 Å². The van der Waals surface area contributed by atoms with Crippen molar-refractivity contribution in [3.8, 4) is 0 Å². The van der Waals surface area contributed by atoms with Gasteiger partial charge in [-0.1, -0.05) is 23.8 Å². The predicted molar refractivity (Wildman–Crippen MR) is 86.0 cm³/mol. The normalized spacial score (nSPS) is 21.9. The topological polar surface area (TPSA) is 81.8 Å². The number of hydrogen-bond acceptors (Lipinski definition) is 4. The number of nitrogens with two attached hydrogens (primary N) is 1. The Morgan fingerprint density at radius 1 is 1.16 bits per heavy atom. The molecule has 0 aromatic heterocycles. The summed E-state index contributed by atoms with van der Waals surface area (Å²) in [6.45, 7) is 8.90. The number of amides is 1. The van der Waals surface area contributed by atoms with Crippen LogP contribution in [0.1, 0.15) is 38.8 Å². The molecule has 2 rings (SSSR count). The molecule has 1 aromatic carbocycles. The third-order valence-electron chi connectivity index (χ3n) is 4.97. The molecule has 1 amide bonds. The second-order valence-electron chi connectivity index (χ2n) is 7.23. The minimum Gasteiger partial charge on any atom is -0.399 e. The Balaban J connectivity index is 2.55. The number of alkyl halides is 3. The van der Waals surface area contributed by atoms with Gasteiger partial charge in [-0.05, 0) is 40.1 Å². The van der Waals surface area contributed by atoms with Crippen molar-refractivity contribution in [3.05, 3.63) is 29.3 Å². The van der Waals surface area contributed by atoms with Gasteiger partial charge in [-0.15, -0.1) is 0 Å². The highest BCUT2D eigenvalue weighted by Crippen LogP contribution is 2.40. The summed E-state index contributed by atoms with van der Waals surface area (Å²) < 4.78 is 51.5. The molecule has 138 valence electrons. The van der Waals surface area contributed by atoms with Crippen LogP contribution in [-0.4, -0.2) is 35.5 Å². The molecular weight excluding hydrogens is 338 g/mol. The van der Waals surface area contributed by atoms with Crippen molar-refractivity contribution >= 4 is 18.5 Å². The summed E-state index contributed by atoms with van der Waals surface area (Å²) in [5.74, 6) is -1.90. The van der Waals surface area contributed by atoms with Crippen LogP contribution in [0.4, 0.5) is 13.2 Å². The lowest BCUT2D eigenvalue weighted by Gasteiger charge is -2.32. The van der Waals surface area contributed by atoms with Gasteiger partial charge in [0.05, 0.1) is 11.2 Å². The maximum absolute atomic E-state index is 13.3. The van der Waals surface area contributed by atoms with Gasteiger partial charge in [-0.25, -0.2) is 0 Å². The Bertz CT molecular complexity index is 689. The molecule has 1 unspecified atom stereocenters. The van der Waals surface area contributed by atoms with Gasteiger partial charge in [0.1, 0.15) is 0 Å². The average molecular weight is 359 g/mol. The first-order chi connectivity index (χ1) is 11.1. The van der Waals surface area contributed by atoms with Gasteiger partial charge in [0.2, 0.25) is 0 Å². The molecule has 3 N–H and O–H groups in total. The summed E-state index contributed by atoms with van der Waals surface area (Å²) in [7, 11) is -0.935. The zero-order chi connectivity index (χ0) is 19.4. The lowest BCUT2D eigenvalue weighted by Crippen LogP contribution is -2.53. The molecule has 25 heavy (non-hydrogen) atoms. The highest BCUT2D eigenvalue weighted by atomic mass is 19.4. The van der Waals surface area contributed by atoms with Gasteiger partial charge in [0.15, 0.2) is 0 Å². The Labute approximate surface area is 144 Å². The van der Waals surface area contributed by atoms with Crippen molar-refractivity contribution in [2.45, 2.75) is 57.6 Å². The number of rotatable bonds is 3. The highest BCUT2D eigenvalue weighted by Gasteiger charge is 2.60. The monoisotopic (exact) mass is 359 g/mol. The zero-order valence-corrected chi connectivity index (χ0v) is 14.7. The van der Waals surface area contributed by atoms with E-state index in [1.54, 1.807) is 6.92 Å². The van der Waals surface area contributed by atoms with Crippen molar-refractivity contribution in [2.24, 2.45) is 5.73 Å². The fourth-order valence-corrected chi connectivity index (χ4v) is 2.54. The second kappa shape index (κ2) is 5.72. The quantitative estimate of drug-likeness (QED) is 0.802. The maximum Gasteiger partial charge on any atom is 0.495 e. The lowest BCUT2D eigenvalue weighted by atomic mass is 9.74. The van der Waals surface area contributed by atoms with Crippen LogP contribution in [0.15, 0.2) is 18.2 Å². The van der Waals surface area contributed by atoms with Crippen LogP contribution in [0.2, 0.25) is 0 Å². The molecule has 1 fully saturated rings. The van der Waals surface area contributed by atoms with E-state index in [0.717, 1.165) is 12.1 Å². The Morgan fingerprint density at radius 2 is 1.64 bits per heavy atom. The maximum atomic E-state index is 13.3. The van der Waals surface area contributed by atoms with E-state index in [-0.39, 0.29) is 0 Å². The molecular formula is C16H21BF3NO4. The van der Waals surface area contributed by atoms with Crippen molar-refractivity contribution < 1.29 is 32.4 Å². The van der Waals surface area contributed by atoms with Crippen LogP contribution in [0.5, 0.6) is 0 Å². The van der Waals surface area contributed by atoms with E-state index in [2.05, 4.69) is 0 Å². The van der Waals surface area contributed by atoms with Crippen molar-refractivity contribution in [1.29, 1.82) is 0 Å². The molecule has 1 atom stereocenters. The number of benzene rings is 1. The molecule has 0 radical (unpaired) electrons. The summed E-state index contributed by atoms with van der Waals surface area (Å²) in [6, 6.07) is 3.42. The van der Waals surface area contributed by atoms with E-state index in [0.29, 0.717) is 11.0 Å². The smallest absolute Gasteiger partial charge is 0.399 e. The minimum atomic E-state index is -5.26. The van der Waals surface area contributed by atoms with E-state index in [1.165, 1.54) is 6.07 Å². The Kier molecular flexibility index (Phi) is 4.52. The van der Waals surface area contributed by atoms with E-state index in [1.807, 2.05) is 27.7 Å². The summed E-state index contributed by atoms with van der Waals surface area (Å²) in [5, 5.41) is 9.98. The molecule has 0 saturated carbocycles. The van der Waals surface area contributed by atoms with Crippen LogP contribution >= 0.6 is 0 Å². The van der Waals surface area contributed by atoms with E-state index in [9.17, 15) is 23.1 Å². The summed E-state index contributed by atoms with van der Waals surface area (Å²) >= 11 is 0. The standard InChI is InChI=1S/C16H21BF3NO4/c1-9-6-7-10(15(23,12(21)22)16(18,19)20)8-11(9)17-24-13(2,3)14(4,5)25-17/h6-8,23H,1-5H3,(H2,21,22). The number of aryl methyl sites for hydroxylation is 1. The van der Waals surface area contributed by atoms with E-state index < -0.39 is 41.6 Å². The molecule has 9 heteroatoms. The molecule has 1 aliphatic heterocycles. The van der Waals surface area contributed by atoms with Crippen LogP contribution in [0.25, 0.3) is 0 Å². The average Bonchev–Trinajstić information content (AvgIpc) is 2.65. The first kappa shape index (κ1) is 19.7. The molecule has 1 aromatic rings. The first-order valence-electron chi connectivity index (χ1n) is 7.69. The number of halogens is 3. The Hall–Kier alpha value is -1.58. The fourth-order valence-electron chi connectivity index (χ4n) is 2.54. The summed E-state index contributed by atoms with van der Waals surface area (Å²) in [4.78, 5) is 11.4. The molecule has 5 nitrogen and oxygen atoms in total. The van der Waals surface area contributed by atoms with Crippen LogP contribution in [-0.2, 0) is 19.7 Å². The van der Waals surface area contributed by atoms with Gasteiger partial charge in [0, 0.05) is 5.56 Å². The first-order valence-corrected chi connectivity index (χ1v) is 7.69. The zero-order valence-electron chi connectivity index (χ0n) is 14.7. The summed E-state index contributed by atoms with van der Waals surface area (Å²) in [6.07, 6.45) is -5.26. The fraction of sp³-hybridized carbons (Fsp3) is 0.562. The molecule has 1 heterocycles. The molecule has 0 aliphatic carbocycles. The predicted octanol–water partition coefficient (Wildman–Crippen LogP) is 1.53. The van der Waals surface area contributed by atoms with Crippen molar-refractivity contribution in [1.82, 2.24) is 0 Å². The number of carbonyl (C=O) groups excluding carboxylic acids is 1. The number of primary amides is 1. The third kappa shape index (κ3) is 3.05. The third-order valence-corrected chi connectivity index (χ3v) is 4.97. The minimum absolute atomic E-state index is 0.292. The van der Waals surface area contributed by atoms with Gasteiger partial charge >= 0.3 is 13.3 Å². The summed E-state index contributed by atoms with van der Waals surface area (Å²) in [5.41, 5.74) is -0.120. The van der Waals surface area contributed by atoms with Crippen LogP contribution in [0, 0.1) is 6.92 Å². The van der Waals surface area contributed by atoms with Crippen LogP contribution < -0.4 is 11.2 Å². The van der Waals surface area contributed by atoms with Gasteiger partial charge in [-0.3, -0.25) is 4.79 Å². The number of carbonyl (C=O) groups is 1.